The van der Waals surface area contributed by atoms with Gasteiger partial charge in [0.15, 0.2) is 5.78 Å². The second kappa shape index (κ2) is 6.57. The topological polar surface area (TPSA) is 133 Å². The summed E-state index contributed by atoms with van der Waals surface area (Å²) in [7, 11) is 0. The van der Waals surface area contributed by atoms with Crippen LogP contribution in [0.5, 0.6) is 0 Å². The SMILES string of the molecule is N#CC(=CNc1cc(Br)c2ncnc3c2c1C(=O)c1ccccc1-3)c1nn[nH]n1. The summed E-state index contributed by atoms with van der Waals surface area (Å²) in [4.78, 5) is 22.1. The molecule has 9 nitrogen and oxygen atoms in total. The van der Waals surface area contributed by atoms with Gasteiger partial charge in [0.1, 0.15) is 18.0 Å². The summed E-state index contributed by atoms with van der Waals surface area (Å²) in [5.74, 6) is 0.00330. The second-order valence-electron chi connectivity index (χ2n) is 6.15. The first-order valence-corrected chi connectivity index (χ1v) is 9.20. The quantitative estimate of drug-likeness (QED) is 0.405. The number of tetrazole rings is 1. The Morgan fingerprint density at radius 3 is 2.83 bits per heavy atom. The predicted octanol–water partition coefficient (Wildman–Crippen LogP) is 3.09. The van der Waals surface area contributed by atoms with Crippen molar-refractivity contribution in [3.8, 4) is 17.3 Å². The van der Waals surface area contributed by atoms with Crippen molar-refractivity contribution >= 4 is 43.9 Å². The van der Waals surface area contributed by atoms with Crippen LogP contribution >= 0.6 is 15.9 Å². The molecule has 1 aliphatic rings. The molecular weight excluding hydrogens is 436 g/mol. The molecule has 0 aliphatic heterocycles. The molecule has 0 saturated heterocycles. The third-order valence-electron chi connectivity index (χ3n) is 4.60. The van der Waals surface area contributed by atoms with Crippen LogP contribution in [0.1, 0.15) is 21.7 Å². The second-order valence-corrected chi connectivity index (χ2v) is 7.01. The number of anilines is 1. The van der Waals surface area contributed by atoms with Crippen molar-refractivity contribution in [1.29, 1.82) is 5.26 Å². The van der Waals surface area contributed by atoms with Gasteiger partial charge >= 0.3 is 0 Å². The molecule has 0 bridgehead atoms. The lowest BCUT2D eigenvalue weighted by Crippen LogP contribution is -2.14. The Hall–Kier alpha value is -3.97. The number of benzene rings is 2. The highest BCUT2D eigenvalue weighted by molar-refractivity contribution is 9.10. The molecule has 2 aromatic heterocycles. The number of hydrogen-bond acceptors (Lipinski definition) is 8. The molecule has 0 unspecified atom stereocenters. The van der Waals surface area contributed by atoms with Gasteiger partial charge in [-0.25, -0.2) is 9.97 Å². The molecule has 0 atom stereocenters. The van der Waals surface area contributed by atoms with Crippen LogP contribution in [-0.2, 0) is 0 Å². The van der Waals surface area contributed by atoms with Crippen LogP contribution in [0.15, 0.2) is 47.3 Å². The van der Waals surface area contributed by atoms with Crippen molar-refractivity contribution in [2.45, 2.75) is 0 Å². The highest BCUT2D eigenvalue weighted by atomic mass is 79.9. The first-order chi connectivity index (χ1) is 14.2. The fourth-order valence-electron chi connectivity index (χ4n) is 3.35. The summed E-state index contributed by atoms with van der Waals surface area (Å²) >= 11 is 3.53. The molecule has 0 radical (unpaired) electrons. The minimum atomic E-state index is -0.144. The summed E-state index contributed by atoms with van der Waals surface area (Å²) in [5, 5.41) is 26.5. The molecule has 138 valence electrons. The average molecular weight is 445 g/mol. The first-order valence-electron chi connectivity index (χ1n) is 8.41. The molecule has 10 heteroatoms. The number of fused-ring (bicyclic) bond motifs is 2. The number of aromatic amines is 1. The number of carbonyl (C=O) groups excluding carboxylic acids is 1. The monoisotopic (exact) mass is 444 g/mol. The van der Waals surface area contributed by atoms with Gasteiger partial charge in [0, 0.05) is 27.2 Å². The number of nitrogens with zero attached hydrogens (tertiary/aromatic N) is 6. The lowest BCUT2D eigenvalue weighted by Gasteiger charge is -2.21. The number of H-pyrrole nitrogens is 1. The van der Waals surface area contributed by atoms with Crippen molar-refractivity contribution in [3.63, 3.8) is 0 Å². The summed E-state index contributed by atoms with van der Waals surface area (Å²) < 4.78 is 0.695. The largest absolute Gasteiger partial charge is 0.360 e. The van der Waals surface area contributed by atoms with E-state index in [-0.39, 0.29) is 17.2 Å². The fourth-order valence-corrected chi connectivity index (χ4v) is 3.88. The van der Waals surface area contributed by atoms with E-state index in [1.807, 2.05) is 24.3 Å². The van der Waals surface area contributed by atoms with Crippen LogP contribution in [-0.4, -0.2) is 36.4 Å². The van der Waals surface area contributed by atoms with Crippen LogP contribution in [0.4, 0.5) is 5.69 Å². The lowest BCUT2D eigenvalue weighted by molar-refractivity contribution is 0.104. The molecule has 4 aromatic rings. The molecule has 0 spiro atoms. The van der Waals surface area contributed by atoms with Crippen molar-refractivity contribution < 1.29 is 4.79 Å². The summed E-state index contributed by atoms with van der Waals surface area (Å²) in [6, 6.07) is 11.1. The van der Waals surface area contributed by atoms with Gasteiger partial charge in [-0.15, -0.1) is 10.2 Å². The summed E-state index contributed by atoms with van der Waals surface area (Å²) in [6.07, 6.45) is 2.92. The number of halogens is 1. The van der Waals surface area contributed by atoms with Crippen molar-refractivity contribution in [2.24, 2.45) is 0 Å². The molecule has 2 N–H and O–H groups in total. The number of aromatic nitrogens is 6. The van der Waals surface area contributed by atoms with Crippen LogP contribution in [0.25, 0.3) is 27.7 Å². The first kappa shape index (κ1) is 17.2. The van der Waals surface area contributed by atoms with Gasteiger partial charge in [0.05, 0.1) is 22.5 Å². The van der Waals surface area contributed by atoms with E-state index in [1.165, 1.54) is 12.5 Å². The van der Waals surface area contributed by atoms with Crippen LogP contribution in [0.2, 0.25) is 0 Å². The average Bonchev–Trinajstić information content (AvgIpc) is 3.28. The Morgan fingerprint density at radius 1 is 1.24 bits per heavy atom. The molecular formula is C19H9BrN8O. The van der Waals surface area contributed by atoms with E-state index in [0.29, 0.717) is 37.9 Å². The number of nitriles is 1. The smallest absolute Gasteiger partial charge is 0.216 e. The maximum atomic E-state index is 13.3. The molecule has 2 heterocycles. The van der Waals surface area contributed by atoms with Crippen molar-refractivity contribution in [1.82, 2.24) is 30.6 Å². The lowest BCUT2D eigenvalue weighted by atomic mass is 9.86. The zero-order valence-corrected chi connectivity index (χ0v) is 16.1. The Kier molecular flexibility index (Phi) is 3.89. The summed E-state index contributed by atoms with van der Waals surface area (Å²) in [6.45, 7) is 0. The van der Waals surface area contributed by atoms with Gasteiger partial charge < -0.3 is 5.32 Å². The minimum Gasteiger partial charge on any atom is -0.360 e. The molecule has 29 heavy (non-hydrogen) atoms. The summed E-state index contributed by atoms with van der Waals surface area (Å²) in [5.41, 5.74) is 3.77. The standard InChI is InChI=1S/C19H9BrN8O/c20-12-5-13(22-7-9(6-21)19-25-27-28-26-19)14-15-16(23-8-24-17(12)15)10-3-1-2-4-11(10)18(14)29/h1-5,7-8,22H,(H,25,26,27,28). The van der Waals surface area contributed by atoms with Gasteiger partial charge in [0.2, 0.25) is 5.82 Å². The molecule has 0 amide bonds. The third-order valence-corrected chi connectivity index (χ3v) is 5.20. The van der Waals surface area contributed by atoms with E-state index >= 15 is 0 Å². The van der Waals surface area contributed by atoms with Gasteiger partial charge in [-0.1, -0.05) is 24.3 Å². The fraction of sp³-hybridized carbons (Fsp3) is 0. The van der Waals surface area contributed by atoms with Crippen LogP contribution in [0, 0.1) is 11.3 Å². The van der Waals surface area contributed by atoms with E-state index in [2.05, 4.69) is 51.8 Å². The molecule has 0 saturated carbocycles. The van der Waals surface area contributed by atoms with Crippen LogP contribution < -0.4 is 5.32 Å². The maximum Gasteiger partial charge on any atom is 0.216 e. The van der Waals surface area contributed by atoms with Gasteiger partial charge in [-0.05, 0) is 27.2 Å². The highest BCUT2D eigenvalue weighted by Crippen LogP contribution is 2.42. The number of rotatable bonds is 3. The zero-order valence-electron chi connectivity index (χ0n) is 14.5. The molecule has 0 fully saturated rings. The van der Waals surface area contributed by atoms with Gasteiger partial charge in [-0.3, -0.25) is 4.79 Å². The Balaban J connectivity index is 1.75. The predicted molar refractivity (Wildman–Crippen MR) is 107 cm³/mol. The van der Waals surface area contributed by atoms with E-state index in [4.69, 9.17) is 0 Å². The number of carbonyl (C=O) groups is 1. The molecule has 2 aromatic carbocycles. The third kappa shape index (κ3) is 2.60. The van der Waals surface area contributed by atoms with Crippen LogP contribution in [0.3, 0.4) is 0 Å². The molecule has 1 aliphatic carbocycles. The van der Waals surface area contributed by atoms with Gasteiger partial charge in [-0.2, -0.15) is 10.5 Å². The zero-order chi connectivity index (χ0) is 20.0. The Labute approximate surface area is 171 Å². The Bertz CT molecular complexity index is 1370. The number of nitrogens with one attached hydrogen (secondary N) is 2. The Morgan fingerprint density at radius 2 is 2.07 bits per heavy atom. The normalized spacial score (nSPS) is 12.6. The number of hydrogen-bond donors (Lipinski definition) is 2. The van der Waals surface area contributed by atoms with Crippen molar-refractivity contribution in [2.75, 3.05) is 5.32 Å². The van der Waals surface area contributed by atoms with E-state index < -0.39 is 0 Å². The van der Waals surface area contributed by atoms with Crippen molar-refractivity contribution in [3.05, 3.63) is 64.3 Å². The maximum absolute atomic E-state index is 13.3. The van der Waals surface area contributed by atoms with Gasteiger partial charge in [0.25, 0.3) is 0 Å². The molecule has 5 rings (SSSR count). The minimum absolute atomic E-state index is 0.144. The number of allylic oxidation sites excluding steroid dienone is 1. The number of ketones is 1. The highest BCUT2D eigenvalue weighted by Gasteiger charge is 2.29. The van der Waals surface area contributed by atoms with E-state index in [1.54, 1.807) is 12.1 Å². The van der Waals surface area contributed by atoms with E-state index in [9.17, 15) is 10.1 Å². The van der Waals surface area contributed by atoms with E-state index in [0.717, 1.165) is 5.56 Å².